The minimum Gasteiger partial charge on any atom is -0.494 e. The molecule has 1 atom stereocenters. The molecular formula is C22H24N4O3. The van der Waals surface area contributed by atoms with Gasteiger partial charge in [0, 0.05) is 37.3 Å². The fourth-order valence-corrected chi connectivity index (χ4v) is 3.70. The Bertz CT molecular complexity index is 940. The van der Waals surface area contributed by atoms with Crippen molar-refractivity contribution in [2.24, 2.45) is 0 Å². The maximum atomic E-state index is 12.8. The zero-order valence-electron chi connectivity index (χ0n) is 16.5. The van der Waals surface area contributed by atoms with E-state index in [4.69, 9.17) is 9.26 Å². The molecule has 4 rings (SSSR count). The van der Waals surface area contributed by atoms with E-state index in [0.717, 1.165) is 36.3 Å². The topological polar surface area (TPSA) is 81.4 Å². The lowest BCUT2D eigenvalue weighted by molar-refractivity contribution is -0.132. The molecule has 3 heterocycles. The van der Waals surface area contributed by atoms with Crippen molar-refractivity contribution < 1.29 is 14.1 Å². The molecule has 3 aromatic rings. The highest BCUT2D eigenvalue weighted by atomic mass is 16.5. The highest BCUT2D eigenvalue weighted by molar-refractivity contribution is 5.77. The van der Waals surface area contributed by atoms with Crippen LogP contribution in [0.2, 0.25) is 0 Å². The number of hydrogen-bond donors (Lipinski definition) is 0. The minimum atomic E-state index is 0.116. The predicted molar refractivity (Wildman–Crippen MR) is 107 cm³/mol. The first-order chi connectivity index (χ1) is 14.2. The van der Waals surface area contributed by atoms with Gasteiger partial charge in [-0.3, -0.25) is 9.78 Å². The van der Waals surface area contributed by atoms with Crippen LogP contribution in [0.25, 0.3) is 11.4 Å². The standard InChI is InChI=1S/C22H24N4O3/c1-2-28-18-7-5-17(6-8-18)22-24-20(29-25-22)9-10-21(27)26-15-3-4-19(26)16-11-13-23-14-12-16/h5-8,11-14,19H,2-4,9-10,15H2,1H3/t19-/m1/s1. The predicted octanol–water partition coefficient (Wildman–Crippen LogP) is 3.83. The van der Waals surface area contributed by atoms with E-state index in [1.165, 1.54) is 0 Å². The Morgan fingerprint density at radius 3 is 2.76 bits per heavy atom. The summed E-state index contributed by atoms with van der Waals surface area (Å²) < 4.78 is 10.8. The lowest BCUT2D eigenvalue weighted by atomic mass is 10.1. The molecule has 0 unspecified atom stereocenters. The Morgan fingerprint density at radius 2 is 2.00 bits per heavy atom. The zero-order valence-corrected chi connectivity index (χ0v) is 16.5. The van der Waals surface area contributed by atoms with E-state index >= 15 is 0 Å². The van der Waals surface area contributed by atoms with Gasteiger partial charge in [0.15, 0.2) is 0 Å². The first-order valence-electron chi connectivity index (χ1n) is 10.00. The number of benzene rings is 1. The molecule has 1 aromatic carbocycles. The third-order valence-corrected chi connectivity index (χ3v) is 5.11. The molecule has 1 amide bonds. The number of pyridine rings is 1. The number of aryl methyl sites for hydroxylation is 1. The van der Waals surface area contributed by atoms with Crippen LogP contribution in [0.1, 0.15) is 43.7 Å². The molecule has 0 aliphatic carbocycles. The van der Waals surface area contributed by atoms with Gasteiger partial charge < -0.3 is 14.2 Å². The Hall–Kier alpha value is -3.22. The van der Waals surface area contributed by atoms with E-state index in [1.807, 2.05) is 48.2 Å². The molecule has 150 valence electrons. The Balaban J connectivity index is 1.36. The van der Waals surface area contributed by atoms with Crippen molar-refractivity contribution in [3.63, 3.8) is 0 Å². The van der Waals surface area contributed by atoms with Crippen molar-refractivity contribution in [1.29, 1.82) is 0 Å². The van der Waals surface area contributed by atoms with Gasteiger partial charge in [0.2, 0.25) is 17.6 Å². The van der Waals surface area contributed by atoms with Crippen molar-refractivity contribution in [3.8, 4) is 17.1 Å². The highest BCUT2D eigenvalue weighted by Gasteiger charge is 2.29. The third-order valence-electron chi connectivity index (χ3n) is 5.11. The molecule has 1 saturated heterocycles. The number of nitrogens with zero attached hydrogens (tertiary/aromatic N) is 4. The fraction of sp³-hybridized carbons (Fsp3) is 0.364. The monoisotopic (exact) mass is 392 g/mol. The summed E-state index contributed by atoms with van der Waals surface area (Å²) in [7, 11) is 0. The van der Waals surface area contributed by atoms with Crippen molar-refractivity contribution >= 4 is 5.91 Å². The summed E-state index contributed by atoms with van der Waals surface area (Å²) in [5.41, 5.74) is 1.99. The second-order valence-electron chi connectivity index (χ2n) is 6.99. The summed E-state index contributed by atoms with van der Waals surface area (Å²) in [4.78, 5) is 23.2. The van der Waals surface area contributed by atoms with Crippen LogP contribution >= 0.6 is 0 Å². The van der Waals surface area contributed by atoms with Gasteiger partial charge in [-0.15, -0.1) is 0 Å². The van der Waals surface area contributed by atoms with Gasteiger partial charge >= 0.3 is 0 Å². The lowest BCUT2D eigenvalue weighted by Gasteiger charge is -2.24. The number of amides is 1. The number of ether oxygens (including phenoxy) is 1. The van der Waals surface area contributed by atoms with E-state index in [2.05, 4.69) is 15.1 Å². The van der Waals surface area contributed by atoms with Gasteiger partial charge in [0.05, 0.1) is 12.6 Å². The van der Waals surface area contributed by atoms with Crippen LogP contribution in [0, 0.1) is 0 Å². The van der Waals surface area contributed by atoms with Crippen molar-refractivity contribution in [2.45, 2.75) is 38.6 Å². The van der Waals surface area contributed by atoms with Crippen molar-refractivity contribution in [2.75, 3.05) is 13.2 Å². The highest BCUT2D eigenvalue weighted by Crippen LogP contribution is 2.32. The molecule has 0 bridgehead atoms. The van der Waals surface area contributed by atoms with Crippen LogP contribution in [-0.4, -0.2) is 39.1 Å². The zero-order chi connectivity index (χ0) is 20.1. The Morgan fingerprint density at radius 1 is 1.21 bits per heavy atom. The van der Waals surface area contributed by atoms with Gasteiger partial charge in [-0.2, -0.15) is 4.98 Å². The first kappa shape index (κ1) is 19.1. The molecule has 2 aromatic heterocycles. The van der Waals surface area contributed by atoms with Gasteiger partial charge in [-0.1, -0.05) is 5.16 Å². The number of carbonyl (C=O) groups excluding carboxylic acids is 1. The largest absolute Gasteiger partial charge is 0.494 e. The van der Waals surface area contributed by atoms with E-state index in [0.29, 0.717) is 31.2 Å². The summed E-state index contributed by atoms with van der Waals surface area (Å²) in [6.07, 6.45) is 6.34. The molecule has 0 N–H and O–H groups in total. The maximum absolute atomic E-state index is 12.8. The van der Waals surface area contributed by atoms with Crippen LogP contribution in [0.3, 0.4) is 0 Å². The fourth-order valence-electron chi connectivity index (χ4n) is 3.70. The van der Waals surface area contributed by atoms with Crippen LogP contribution in [-0.2, 0) is 11.2 Å². The lowest BCUT2D eigenvalue weighted by Crippen LogP contribution is -2.30. The molecule has 29 heavy (non-hydrogen) atoms. The molecule has 1 aliphatic heterocycles. The summed E-state index contributed by atoms with van der Waals surface area (Å²) in [5.74, 6) is 1.92. The van der Waals surface area contributed by atoms with E-state index < -0.39 is 0 Å². The normalized spacial score (nSPS) is 16.2. The SMILES string of the molecule is CCOc1ccc(-c2noc(CCC(=O)N3CCC[C@@H]3c3ccncc3)n2)cc1. The molecule has 7 nitrogen and oxygen atoms in total. The number of rotatable bonds is 7. The third kappa shape index (κ3) is 4.45. The van der Waals surface area contributed by atoms with Crippen LogP contribution in [0.4, 0.5) is 0 Å². The molecule has 7 heteroatoms. The van der Waals surface area contributed by atoms with Crippen LogP contribution < -0.4 is 4.74 Å². The van der Waals surface area contributed by atoms with Gasteiger partial charge in [-0.05, 0) is 61.7 Å². The second kappa shape index (κ2) is 8.86. The van der Waals surface area contributed by atoms with Gasteiger partial charge in [-0.25, -0.2) is 0 Å². The maximum Gasteiger partial charge on any atom is 0.227 e. The van der Waals surface area contributed by atoms with Crippen molar-refractivity contribution in [3.05, 3.63) is 60.2 Å². The second-order valence-corrected chi connectivity index (χ2v) is 6.99. The van der Waals surface area contributed by atoms with E-state index in [1.54, 1.807) is 12.4 Å². The van der Waals surface area contributed by atoms with E-state index in [9.17, 15) is 4.79 Å². The number of carbonyl (C=O) groups is 1. The quantitative estimate of drug-likeness (QED) is 0.608. The summed E-state index contributed by atoms with van der Waals surface area (Å²) in [6.45, 7) is 3.36. The van der Waals surface area contributed by atoms with Crippen LogP contribution in [0.5, 0.6) is 5.75 Å². The van der Waals surface area contributed by atoms with Gasteiger partial charge in [0.25, 0.3) is 0 Å². The minimum absolute atomic E-state index is 0.116. The number of likely N-dealkylation sites (tertiary alicyclic amines) is 1. The average molecular weight is 392 g/mol. The summed E-state index contributed by atoms with van der Waals surface area (Å²) in [5, 5.41) is 4.04. The molecule has 1 fully saturated rings. The Kier molecular flexibility index (Phi) is 5.84. The summed E-state index contributed by atoms with van der Waals surface area (Å²) in [6, 6.07) is 11.7. The van der Waals surface area contributed by atoms with Crippen LogP contribution in [0.15, 0.2) is 53.3 Å². The van der Waals surface area contributed by atoms with Gasteiger partial charge in [0.1, 0.15) is 5.75 Å². The molecule has 1 aliphatic rings. The summed E-state index contributed by atoms with van der Waals surface area (Å²) >= 11 is 0. The van der Waals surface area contributed by atoms with E-state index in [-0.39, 0.29) is 11.9 Å². The average Bonchev–Trinajstić information content (AvgIpc) is 3.43. The smallest absolute Gasteiger partial charge is 0.227 e. The first-order valence-corrected chi connectivity index (χ1v) is 10.00. The Labute approximate surface area is 169 Å². The molecule has 0 saturated carbocycles. The molecule has 0 radical (unpaired) electrons. The number of hydrogen-bond acceptors (Lipinski definition) is 6. The van der Waals surface area contributed by atoms with Crippen molar-refractivity contribution in [1.82, 2.24) is 20.0 Å². The molecular weight excluding hydrogens is 368 g/mol. The molecule has 0 spiro atoms. The number of aromatic nitrogens is 3.